The number of hydrogen-bond donors (Lipinski definition) is 0. The van der Waals surface area contributed by atoms with Crippen molar-refractivity contribution in [2.75, 3.05) is 7.11 Å². The van der Waals surface area contributed by atoms with Gasteiger partial charge in [-0.1, -0.05) is 0 Å². The molecule has 1 aromatic rings. The van der Waals surface area contributed by atoms with E-state index < -0.39 is 0 Å². The summed E-state index contributed by atoms with van der Waals surface area (Å²) in [5, 5.41) is 0. The number of aromatic nitrogens is 1. The van der Waals surface area contributed by atoms with Crippen molar-refractivity contribution in [2.24, 2.45) is 0 Å². The second-order valence-electron chi connectivity index (χ2n) is 3.78. The summed E-state index contributed by atoms with van der Waals surface area (Å²) in [5.74, 6) is 0. The number of ether oxygens (including phenoxy) is 1. The van der Waals surface area contributed by atoms with E-state index in [1.165, 1.54) is 0 Å². The first-order chi connectivity index (χ1) is 6.85. The minimum Gasteiger partial charge on any atom is -0.381 e. The van der Waals surface area contributed by atoms with E-state index in [1.807, 2.05) is 18.3 Å². The van der Waals surface area contributed by atoms with Crippen LogP contribution in [0.15, 0.2) is 18.3 Å². The molecule has 0 aromatic carbocycles. The maximum absolute atomic E-state index is 10.7. The fraction of sp³-hybridized carbons (Fsp3) is 0.545. The summed E-state index contributed by atoms with van der Waals surface area (Å²) in [6.45, 7) is 0. The number of hydrogen-bond acceptors (Lipinski definition) is 2. The van der Waals surface area contributed by atoms with Crippen LogP contribution in [-0.4, -0.2) is 24.1 Å². The van der Waals surface area contributed by atoms with Crippen molar-refractivity contribution in [2.45, 2.75) is 31.4 Å². The topological polar surface area (TPSA) is 31.2 Å². The lowest BCUT2D eigenvalue weighted by atomic mass is 10.2. The van der Waals surface area contributed by atoms with Crippen molar-refractivity contribution in [3.05, 3.63) is 24.0 Å². The molecule has 0 radical (unpaired) electrons. The molecule has 0 aliphatic heterocycles. The van der Waals surface area contributed by atoms with Crippen molar-refractivity contribution < 1.29 is 9.53 Å². The Morgan fingerprint density at radius 3 is 3.07 bits per heavy atom. The first-order valence-electron chi connectivity index (χ1n) is 5.00. The van der Waals surface area contributed by atoms with Gasteiger partial charge in [0.05, 0.1) is 11.8 Å². The fourth-order valence-electron chi connectivity index (χ4n) is 2.22. The molecular weight excluding hydrogens is 178 g/mol. The molecule has 2 unspecified atom stereocenters. The van der Waals surface area contributed by atoms with Gasteiger partial charge >= 0.3 is 0 Å². The van der Waals surface area contributed by atoms with Crippen LogP contribution in [0, 0.1) is 0 Å². The average Bonchev–Trinajstić information content (AvgIpc) is 2.85. The van der Waals surface area contributed by atoms with Crippen molar-refractivity contribution in [1.82, 2.24) is 4.57 Å². The molecule has 0 bridgehead atoms. The van der Waals surface area contributed by atoms with Crippen molar-refractivity contribution in [3.8, 4) is 0 Å². The molecule has 3 nitrogen and oxygen atoms in total. The largest absolute Gasteiger partial charge is 0.381 e. The van der Waals surface area contributed by atoms with Gasteiger partial charge in [-0.05, 0) is 31.4 Å². The third-order valence-corrected chi connectivity index (χ3v) is 3.02. The number of carbonyl (C=O) groups is 1. The Balaban J connectivity index is 2.12. The Hall–Kier alpha value is -1.09. The Morgan fingerprint density at radius 2 is 2.43 bits per heavy atom. The van der Waals surface area contributed by atoms with Gasteiger partial charge in [-0.3, -0.25) is 4.79 Å². The quantitative estimate of drug-likeness (QED) is 0.688. The summed E-state index contributed by atoms with van der Waals surface area (Å²) < 4.78 is 7.37. The number of aldehydes is 1. The van der Waals surface area contributed by atoms with Gasteiger partial charge in [0.1, 0.15) is 0 Å². The van der Waals surface area contributed by atoms with Gasteiger partial charge in [0.25, 0.3) is 0 Å². The van der Waals surface area contributed by atoms with E-state index in [1.54, 1.807) is 7.11 Å². The summed E-state index contributed by atoms with van der Waals surface area (Å²) in [7, 11) is 1.75. The van der Waals surface area contributed by atoms with Crippen LogP contribution in [0.2, 0.25) is 0 Å². The minimum absolute atomic E-state index is 0.363. The van der Waals surface area contributed by atoms with Crippen LogP contribution in [0.5, 0.6) is 0 Å². The Morgan fingerprint density at radius 1 is 1.57 bits per heavy atom. The molecule has 0 N–H and O–H groups in total. The third-order valence-electron chi connectivity index (χ3n) is 3.02. The number of carbonyl (C=O) groups excluding carboxylic acids is 1. The predicted octanol–water partition coefficient (Wildman–Crippen LogP) is 2.04. The Labute approximate surface area is 83.7 Å². The molecule has 1 saturated carbocycles. The highest BCUT2D eigenvalue weighted by atomic mass is 16.5. The van der Waals surface area contributed by atoms with Crippen LogP contribution in [0.1, 0.15) is 35.8 Å². The number of methoxy groups -OCH3 is 1. The van der Waals surface area contributed by atoms with Crippen LogP contribution in [-0.2, 0) is 4.74 Å². The normalized spacial score (nSPS) is 26.6. The summed E-state index contributed by atoms with van der Waals surface area (Å²) in [5.41, 5.74) is 0.770. The molecule has 0 amide bonds. The zero-order valence-electron chi connectivity index (χ0n) is 8.35. The smallest absolute Gasteiger partial charge is 0.166 e. The Kier molecular flexibility index (Phi) is 2.68. The highest BCUT2D eigenvalue weighted by Crippen LogP contribution is 2.32. The standard InChI is InChI=1S/C11H15NO2/c1-14-11-5-4-9(7-11)12-6-2-3-10(12)8-13/h2-3,6,8-9,11H,4-5,7H2,1H3. The molecule has 1 fully saturated rings. The highest BCUT2D eigenvalue weighted by molar-refractivity contribution is 5.72. The highest BCUT2D eigenvalue weighted by Gasteiger charge is 2.26. The van der Waals surface area contributed by atoms with Crippen LogP contribution >= 0.6 is 0 Å². The first kappa shape index (κ1) is 9.46. The molecule has 1 aliphatic rings. The van der Waals surface area contributed by atoms with Gasteiger partial charge in [0.15, 0.2) is 6.29 Å². The van der Waals surface area contributed by atoms with Crippen LogP contribution < -0.4 is 0 Å². The maximum atomic E-state index is 10.7. The number of nitrogens with zero attached hydrogens (tertiary/aromatic N) is 1. The van der Waals surface area contributed by atoms with E-state index in [2.05, 4.69) is 4.57 Å². The first-order valence-corrected chi connectivity index (χ1v) is 5.00. The lowest BCUT2D eigenvalue weighted by Crippen LogP contribution is -2.10. The summed E-state index contributed by atoms with van der Waals surface area (Å²) >= 11 is 0. The SMILES string of the molecule is COC1CCC(n2cccc2C=O)C1. The lowest BCUT2D eigenvalue weighted by molar-refractivity contribution is 0.105. The van der Waals surface area contributed by atoms with E-state index in [4.69, 9.17) is 4.74 Å². The molecule has 2 atom stereocenters. The van der Waals surface area contributed by atoms with Gasteiger partial charge in [-0.2, -0.15) is 0 Å². The zero-order valence-corrected chi connectivity index (χ0v) is 8.35. The number of rotatable bonds is 3. The van der Waals surface area contributed by atoms with Gasteiger partial charge in [0, 0.05) is 19.3 Å². The van der Waals surface area contributed by atoms with E-state index >= 15 is 0 Å². The molecule has 3 heteroatoms. The van der Waals surface area contributed by atoms with E-state index in [0.717, 1.165) is 31.2 Å². The predicted molar refractivity (Wildman–Crippen MR) is 53.5 cm³/mol. The van der Waals surface area contributed by atoms with Gasteiger partial charge < -0.3 is 9.30 Å². The van der Waals surface area contributed by atoms with Crippen molar-refractivity contribution in [3.63, 3.8) is 0 Å². The molecular formula is C11H15NO2. The van der Waals surface area contributed by atoms with Crippen LogP contribution in [0.25, 0.3) is 0 Å². The molecule has 1 heterocycles. The maximum Gasteiger partial charge on any atom is 0.166 e. The lowest BCUT2D eigenvalue weighted by Gasteiger charge is -2.14. The van der Waals surface area contributed by atoms with Crippen molar-refractivity contribution >= 4 is 6.29 Å². The van der Waals surface area contributed by atoms with Crippen LogP contribution in [0.3, 0.4) is 0 Å². The molecule has 14 heavy (non-hydrogen) atoms. The molecule has 0 saturated heterocycles. The second-order valence-corrected chi connectivity index (χ2v) is 3.78. The molecule has 76 valence electrons. The molecule has 2 rings (SSSR count). The summed E-state index contributed by atoms with van der Waals surface area (Å²) in [4.78, 5) is 10.7. The summed E-state index contributed by atoms with van der Waals surface area (Å²) in [6, 6.07) is 4.21. The summed E-state index contributed by atoms with van der Waals surface area (Å²) in [6.07, 6.45) is 6.48. The average molecular weight is 193 g/mol. The minimum atomic E-state index is 0.363. The monoisotopic (exact) mass is 193 g/mol. The van der Waals surface area contributed by atoms with E-state index in [9.17, 15) is 4.79 Å². The third kappa shape index (κ3) is 1.60. The van der Waals surface area contributed by atoms with Gasteiger partial charge in [-0.25, -0.2) is 0 Å². The van der Waals surface area contributed by atoms with E-state index in [-0.39, 0.29) is 0 Å². The van der Waals surface area contributed by atoms with Crippen molar-refractivity contribution in [1.29, 1.82) is 0 Å². The van der Waals surface area contributed by atoms with E-state index in [0.29, 0.717) is 12.1 Å². The molecule has 1 aliphatic carbocycles. The van der Waals surface area contributed by atoms with Crippen LogP contribution in [0.4, 0.5) is 0 Å². The van der Waals surface area contributed by atoms with Gasteiger partial charge in [-0.15, -0.1) is 0 Å². The second kappa shape index (κ2) is 3.96. The zero-order chi connectivity index (χ0) is 9.97. The molecule has 1 aromatic heterocycles. The molecule has 0 spiro atoms. The Bertz CT molecular complexity index is 319. The fourth-order valence-corrected chi connectivity index (χ4v) is 2.22. The van der Waals surface area contributed by atoms with Gasteiger partial charge in [0.2, 0.25) is 0 Å².